The minimum Gasteiger partial charge on any atom is -0.478 e. The van der Waals surface area contributed by atoms with Gasteiger partial charge >= 0.3 is 5.97 Å². The molecule has 0 aliphatic rings. The zero-order valence-corrected chi connectivity index (χ0v) is 7.50. The smallest absolute Gasteiger partial charge is 0.337 e. The number of aromatic amines is 1. The van der Waals surface area contributed by atoms with E-state index in [0.29, 0.717) is 17.7 Å². The molecule has 0 saturated heterocycles. The predicted octanol–water partition coefficient (Wildman–Crippen LogP) is 1.65. The number of aromatic nitrogens is 1. The molecule has 0 fully saturated rings. The summed E-state index contributed by atoms with van der Waals surface area (Å²) >= 11 is 0. The molecule has 0 spiro atoms. The zero-order chi connectivity index (χ0) is 10.0. The summed E-state index contributed by atoms with van der Waals surface area (Å²) in [5.74, 6) is -0.937. The second-order valence-electron chi connectivity index (χ2n) is 3.13. The summed E-state index contributed by atoms with van der Waals surface area (Å²) in [7, 11) is 0. The van der Waals surface area contributed by atoms with Gasteiger partial charge in [-0.1, -0.05) is 13.8 Å². The minimum absolute atomic E-state index is 0.0693. The van der Waals surface area contributed by atoms with E-state index in [9.17, 15) is 9.59 Å². The number of carboxylic acid groups (broad SMARTS) is 1. The predicted molar refractivity (Wildman–Crippen MR) is 47.2 cm³/mol. The molecular weight excluding hydrogens is 170 g/mol. The lowest BCUT2D eigenvalue weighted by Crippen LogP contribution is -2.01. The molecule has 2 N–H and O–H groups in total. The third kappa shape index (κ3) is 1.77. The van der Waals surface area contributed by atoms with Gasteiger partial charge in [-0.2, -0.15) is 0 Å². The highest BCUT2D eigenvalue weighted by Crippen LogP contribution is 2.19. The maximum Gasteiger partial charge on any atom is 0.337 e. The topological polar surface area (TPSA) is 70.2 Å². The molecule has 0 unspecified atom stereocenters. The monoisotopic (exact) mass is 181 g/mol. The van der Waals surface area contributed by atoms with Crippen molar-refractivity contribution in [3.05, 3.63) is 23.0 Å². The average molecular weight is 181 g/mol. The SMILES string of the molecule is CC(C)c1[nH]c(C=O)cc1C(=O)O. The second-order valence-corrected chi connectivity index (χ2v) is 3.13. The van der Waals surface area contributed by atoms with Gasteiger partial charge in [-0.15, -0.1) is 0 Å². The molecule has 0 atom stereocenters. The molecule has 0 aliphatic heterocycles. The lowest BCUT2D eigenvalue weighted by Gasteiger charge is -2.02. The highest BCUT2D eigenvalue weighted by molar-refractivity contribution is 5.91. The first kappa shape index (κ1) is 9.51. The molecule has 1 aromatic rings. The Kier molecular flexibility index (Phi) is 2.51. The van der Waals surface area contributed by atoms with Crippen molar-refractivity contribution in [3.63, 3.8) is 0 Å². The normalized spacial score (nSPS) is 10.4. The number of rotatable bonds is 3. The van der Waals surface area contributed by atoms with Crippen LogP contribution in [0.15, 0.2) is 6.07 Å². The van der Waals surface area contributed by atoms with Crippen LogP contribution in [0.25, 0.3) is 0 Å². The van der Waals surface area contributed by atoms with Crippen LogP contribution < -0.4 is 0 Å². The summed E-state index contributed by atoms with van der Waals surface area (Å²) in [6.07, 6.45) is 0.609. The summed E-state index contributed by atoms with van der Waals surface area (Å²) in [6.45, 7) is 3.74. The minimum atomic E-state index is -1.01. The van der Waals surface area contributed by atoms with Crippen LogP contribution in [0.4, 0.5) is 0 Å². The van der Waals surface area contributed by atoms with E-state index in [-0.39, 0.29) is 11.5 Å². The molecule has 0 radical (unpaired) electrons. The molecule has 1 heterocycles. The van der Waals surface area contributed by atoms with Crippen molar-refractivity contribution < 1.29 is 14.7 Å². The summed E-state index contributed by atoms with van der Waals surface area (Å²) < 4.78 is 0. The summed E-state index contributed by atoms with van der Waals surface area (Å²) in [5, 5.41) is 8.79. The summed E-state index contributed by atoms with van der Waals surface area (Å²) in [4.78, 5) is 23.9. The quantitative estimate of drug-likeness (QED) is 0.696. The van der Waals surface area contributed by atoms with E-state index in [0.717, 1.165) is 0 Å². The highest BCUT2D eigenvalue weighted by atomic mass is 16.4. The molecule has 0 amide bonds. The van der Waals surface area contributed by atoms with Crippen molar-refractivity contribution in [2.75, 3.05) is 0 Å². The first-order valence-electron chi connectivity index (χ1n) is 3.97. The van der Waals surface area contributed by atoms with E-state index in [1.54, 1.807) is 0 Å². The van der Waals surface area contributed by atoms with Crippen LogP contribution in [-0.4, -0.2) is 22.3 Å². The van der Waals surface area contributed by atoms with Crippen molar-refractivity contribution in [2.45, 2.75) is 19.8 Å². The van der Waals surface area contributed by atoms with Crippen LogP contribution in [-0.2, 0) is 0 Å². The van der Waals surface area contributed by atoms with E-state index in [2.05, 4.69) is 4.98 Å². The molecule has 70 valence electrons. The summed E-state index contributed by atoms with van der Waals surface area (Å²) in [6, 6.07) is 1.35. The van der Waals surface area contributed by atoms with Crippen LogP contribution in [0, 0.1) is 0 Å². The van der Waals surface area contributed by atoms with Gasteiger partial charge in [0.05, 0.1) is 11.3 Å². The molecule has 0 aromatic carbocycles. The van der Waals surface area contributed by atoms with Gasteiger partial charge in [-0.25, -0.2) is 4.79 Å². The van der Waals surface area contributed by atoms with Gasteiger partial charge in [0.1, 0.15) is 0 Å². The Bertz CT molecular complexity index is 339. The van der Waals surface area contributed by atoms with E-state index >= 15 is 0 Å². The largest absolute Gasteiger partial charge is 0.478 e. The van der Waals surface area contributed by atoms with Crippen LogP contribution in [0.1, 0.15) is 46.3 Å². The van der Waals surface area contributed by atoms with Crippen LogP contribution in [0.5, 0.6) is 0 Å². The fourth-order valence-corrected chi connectivity index (χ4v) is 1.19. The first-order valence-corrected chi connectivity index (χ1v) is 3.97. The standard InChI is InChI=1S/C9H11NO3/c1-5(2)8-7(9(12)13)3-6(4-11)10-8/h3-5,10H,1-2H3,(H,12,13). The maximum absolute atomic E-state index is 10.7. The van der Waals surface area contributed by atoms with Crippen LogP contribution in [0.3, 0.4) is 0 Å². The fraction of sp³-hybridized carbons (Fsp3) is 0.333. The van der Waals surface area contributed by atoms with Gasteiger partial charge in [0.25, 0.3) is 0 Å². The molecule has 0 aliphatic carbocycles. The average Bonchev–Trinajstić information content (AvgIpc) is 2.47. The zero-order valence-electron chi connectivity index (χ0n) is 7.50. The number of carbonyl (C=O) groups is 2. The number of carbonyl (C=O) groups excluding carboxylic acids is 1. The van der Waals surface area contributed by atoms with Crippen LogP contribution >= 0.6 is 0 Å². The number of hydrogen-bond acceptors (Lipinski definition) is 2. The molecule has 0 bridgehead atoms. The number of carboxylic acids is 1. The number of aromatic carboxylic acids is 1. The molecule has 13 heavy (non-hydrogen) atoms. The van der Waals surface area contributed by atoms with Crippen molar-refractivity contribution >= 4 is 12.3 Å². The van der Waals surface area contributed by atoms with Gasteiger partial charge in [0.2, 0.25) is 0 Å². The highest BCUT2D eigenvalue weighted by Gasteiger charge is 2.16. The lowest BCUT2D eigenvalue weighted by atomic mass is 10.1. The van der Waals surface area contributed by atoms with E-state index in [4.69, 9.17) is 5.11 Å². The van der Waals surface area contributed by atoms with Gasteiger partial charge < -0.3 is 10.1 Å². The number of aldehydes is 1. The van der Waals surface area contributed by atoms with E-state index in [1.807, 2.05) is 13.8 Å². The van der Waals surface area contributed by atoms with Gasteiger partial charge in [-0.3, -0.25) is 4.79 Å². The molecule has 1 aromatic heterocycles. The number of hydrogen-bond donors (Lipinski definition) is 2. The first-order chi connectivity index (χ1) is 6.06. The fourth-order valence-electron chi connectivity index (χ4n) is 1.19. The Balaban J connectivity index is 3.22. The maximum atomic E-state index is 10.7. The third-order valence-electron chi connectivity index (χ3n) is 1.80. The van der Waals surface area contributed by atoms with Crippen molar-refractivity contribution in [2.24, 2.45) is 0 Å². The Morgan fingerprint density at radius 1 is 1.62 bits per heavy atom. The Morgan fingerprint density at radius 3 is 2.54 bits per heavy atom. The Hall–Kier alpha value is -1.58. The second kappa shape index (κ2) is 3.43. The van der Waals surface area contributed by atoms with Crippen molar-refractivity contribution in [3.8, 4) is 0 Å². The van der Waals surface area contributed by atoms with E-state index < -0.39 is 5.97 Å². The Morgan fingerprint density at radius 2 is 2.23 bits per heavy atom. The van der Waals surface area contributed by atoms with Gasteiger partial charge in [-0.05, 0) is 12.0 Å². The number of nitrogens with one attached hydrogen (secondary N) is 1. The molecule has 4 heteroatoms. The molecule has 0 saturated carbocycles. The summed E-state index contributed by atoms with van der Waals surface area (Å²) in [5.41, 5.74) is 1.08. The molecular formula is C9H11NO3. The van der Waals surface area contributed by atoms with Crippen LogP contribution in [0.2, 0.25) is 0 Å². The Labute approximate surface area is 75.6 Å². The molecule has 1 rings (SSSR count). The lowest BCUT2D eigenvalue weighted by molar-refractivity contribution is 0.0695. The number of H-pyrrole nitrogens is 1. The third-order valence-corrected chi connectivity index (χ3v) is 1.80. The van der Waals surface area contributed by atoms with Crippen molar-refractivity contribution in [1.82, 2.24) is 4.98 Å². The molecule has 4 nitrogen and oxygen atoms in total. The van der Waals surface area contributed by atoms with Crippen molar-refractivity contribution in [1.29, 1.82) is 0 Å². The van der Waals surface area contributed by atoms with E-state index in [1.165, 1.54) is 6.07 Å². The van der Waals surface area contributed by atoms with Gasteiger partial charge in [0.15, 0.2) is 6.29 Å². The van der Waals surface area contributed by atoms with Gasteiger partial charge in [0, 0.05) is 5.69 Å².